The van der Waals surface area contributed by atoms with Crippen LogP contribution in [0.3, 0.4) is 0 Å². The van der Waals surface area contributed by atoms with E-state index in [1.165, 1.54) is 25.5 Å². The fraction of sp³-hybridized carbons (Fsp3) is 0.400. The molecule has 1 aliphatic carbocycles. The van der Waals surface area contributed by atoms with Crippen LogP contribution in [-0.4, -0.2) is 19.0 Å². The van der Waals surface area contributed by atoms with E-state index >= 15 is 0 Å². The first kappa shape index (κ1) is 20.9. The van der Waals surface area contributed by atoms with Gasteiger partial charge in [-0.05, 0) is 48.9 Å². The maximum Gasteiger partial charge on any atom is 0.418 e. The standard InChI is InChI=1S/C25H26F3N3O/c26-25(27,28)21-13-18(29-14-20-19-7-3-4-8-22(19)30-24(20)32)9-10-23(21)31-12-11-16-5-1-2-6-17(16)15-31/h3-4,7-10,13-14,16-17,29H,1-2,5-6,11-12,15H2,(H,30,32). The molecular formula is C25H26F3N3O. The summed E-state index contributed by atoms with van der Waals surface area (Å²) in [7, 11) is 0. The molecule has 0 bridgehead atoms. The van der Waals surface area contributed by atoms with Gasteiger partial charge in [-0.3, -0.25) is 4.79 Å². The van der Waals surface area contributed by atoms with Crippen LogP contribution < -0.4 is 15.5 Å². The first-order valence-corrected chi connectivity index (χ1v) is 11.2. The highest BCUT2D eigenvalue weighted by Crippen LogP contribution is 2.43. The maximum atomic E-state index is 14.0. The monoisotopic (exact) mass is 441 g/mol. The Morgan fingerprint density at radius 3 is 2.62 bits per heavy atom. The van der Waals surface area contributed by atoms with Gasteiger partial charge in [-0.25, -0.2) is 0 Å². The average molecular weight is 441 g/mol. The number of carbonyl (C=O) groups excluding carboxylic acids is 1. The third kappa shape index (κ3) is 3.96. The van der Waals surface area contributed by atoms with Crippen molar-refractivity contribution in [1.82, 2.24) is 0 Å². The lowest BCUT2D eigenvalue weighted by atomic mass is 9.75. The maximum absolute atomic E-state index is 14.0. The summed E-state index contributed by atoms with van der Waals surface area (Å²) in [4.78, 5) is 14.2. The van der Waals surface area contributed by atoms with Crippen LogP contribution >= 0.6 is 0 Å². The smallest absolute Gasteiger partial charge is 0.371 e. The summed E-state index contributed by atoms with van der Waals surface area (Å²) in [6, 6.07) is 11.6. The van der Waals surface area contributed by atoms with Crippen molar-refractivity contribution in [2.24, 2.45) is 11.8 Å². The summed E-state index contributed by atoms with van der Waals surface area (Å²) in [6.07, 6.45) is 2.72. The van der Waals surface area contributed by atoms with Gasteiger partial charge < -0.3 is 15.5 Å². The second-order valence-corrected chi connectivity index (χ2v) is 8.97. The van der Waals surface area contributed by atoms with E-state index < -0.39 is 11.7 Å². The van der Waals surface area contributed by atoms with Crippen molar-refractivity contribution in [1.29, 1.82) is 0 Å². The molecule has 2 atom stereocenters. The Hall–Kier alpha value is -2.96. The Balaban J connectivity index is 1.40. The summed E-state index contributed by atoms with van der Waals surface area (Å²) < 4.78 is 41.9. The molecule has 0 aromatic heterocycles. The lowest BCUT2D eigenvalue weighted by molar-refractivity contribution is -0.137. The summed E-state index contributed by atoms with van der Waals surface area (Å²) in [6.45, 7) is 1.36. The van der Waals surface area contributed by atoms with E-state index in [2.05, 4.69) is 10.6 Å². The molecule has 1 saturated heterocycles. The predicted octanol–water partition coefficient (Wildman–Crippen LogP) is 6.13. The van der Waals surface area contributed by atoms with Gasteiger partial charge in [0.2, 0.25) is 0 Å². The third-order valence-corrected chi connectivity index (χ3v) is 7.03. The van der Waals surface area contributed by atoms with Crippen molar-refractivity contribution in [3.63, 3.8) is 0 Å². The molecule has 7 heteroatoms. The second-order valence-electron chi connectivity index (χ2n) is 8.97. The lowest BCUT2D eigenvalue weighted by Gasteiger charge is -2.43. The molecule has 0 radical (unpaired) electrons. The number of para-hydroxylation sites is 1. The minimum Gasteiger partial charge on any atom is -0.371 e. The number of amides is 1. The summed E-state index contributed by atoms with van der Waals surface area (Å²) in [5.74, 6) is 0.867. The molecule has 32 heavy (non-hydrogen) atoms. The quantitative estimate of drug-likeness (QED) is 0.564. The molecule has 168 valence electrons. The Morgan fingerprint density at radius 1 is 1.03 bits per heavy atom. The molecule has 2 aromatic carbocycles. The summed E-state index contributed by atoms with van der Waals surface area (Å²) >= 11 is 0. The zero-order chi connectivity index (χ0) is 22.3. The molecule has 1 saturated carbocycles. The van der Waals surface area contributed by atoms with Crippen molar-refractivity contribution in [3.05, 3.63) is 59.8 Å². The summed E-state index contributed by atoms with van der Waals surface area (Å²) in [5.41, 5.74) is 1.75. The van der Waals surface area contributed by atoms with E-state index in [1.807, 2.05) is 17.0 Å². The number of nitrogens with one attached hydrogen (secondary N) is 2. The minimum absolute atomic E-state index is 0.253. The average Bonchev–Trinajstić information content (AvgIpc) is 3.11. The van der Waals surface area contributed by atoms with E-state index in [-0.39, 0.29) is 11.6 Å². The molecule has 2 aromatic rings. The highest BCUT2D eigenvalue weighted by atomic mass is 19.4. The van der Waals surface area contributed by atoms with Gasteiger partial charge in [0.25, 0.3) is 5.91 Å². The molecule has 2 heterocycles. The highest BCUT2D eigenvalue weighted by Gasteiger charge is 2.38. The van der Waals surface area contributed by atoms with Gasteiger partial charge in [0, 0.05) is 41.9 Å². The largest absolute Gasteiger partial charge is 0.418 e. The third-order valence-electron chi connectivity index (χ3n) is 7.03. The first-order chi connectivity index (χ1) is 15.4. The van der Waals surface area contributed by atoms with Crippen LogP contribution in [0.15, 0.2) is 48.7 Å². The van der Waals surface area contributed by atoms with Crippen molar-refractivity contribution >= 4 is 28.5 Å². The topological polar surface area (TPSA) is 44.4 Å². The first-order valence-electron chi connectivity index (χ1n) is 11.2. The van der Waals surface area contributed by atoms with Crippen molar-refractivity contribution in [3.8, 4) is 0 Å². The molecule has 0 spiro atoms. The number of halogens is 3. The number of fused-ring (bicyclic) bond motifs is 2. The van der Waals surface area contributed by atoms with Crippen LogP contribution in [-0.2, 0) is 11.0 Å². The van der Waals surface area contributed by atoms with Crippen LogP contribution in [0.5, 0.6) is 0 Å². The Bertz CT molecular complexity index is 1060. The number of piperidine rings is 1. The number of hydrogen-bond acceptors (Lipinski definition) is 3. The number of rotatable bonds is 3. The summed E-state index contributed by atoms with van der Waals surface area (Å²) in [5, 5.41) is 5.66. The van der Waals surface area contributed by atoms with Crippen molar-refractivity contribution in [2.75, 3.05) is 28.6 Å². The number of carbonyl (C=O) groups is 1. The number of benzene rings is 2. The fourth-order valence-corrected chi connectivity index (χ4v) is 5.39. The highest BCUT2D eigenvalue weighted by molar-refractivity contribution is 6.31. The van der Waals surface area contributed by atoms with Crippen LogP contribution in [0.25, 0.3) is 5.57 Å². The zero-order valence-corrected chi connectivity index (χ0v) is 17.7. The van der Waals surface area contributed by atoms with Gasteiger partial charge >= 0.3 is 6.18 Å². The second kappa shape index (κ2) is 8.19. The van der Waals surface area contributed by atoms with Gasteiger partial charge in [0.15, 0.2) is 0 Å². The number of hydrogen-bond donors (Lipinski definition) is 2. The Morgan fingerprint density at radius 2 is 1.81 bits per heavy atom. The van der Waals surface area contributed by atoms with Gasteiger partial charge in [-0.15, -0.1) is 0 Å². The SMILES string of the molecule is O=C1Nc2ccccc2C1=CNc1ccc(N2CCC3CCCCC3C2)c(C(F)(F)F)c1. The number of anilines is 3. The molecule has 3 aliphatic rings. The molecule has 2 unspecified atom stereocenters. The number of nitrogens with zero attached hydrogens (tertiary/aromatic N) is 1. The zero-order valence-electron chi connectivity index (χ0n) is 17.7. The molecule has 1 amide bonds. The van der Waals surface area contributed by atoms with Gasteiger partial charge in [-0.1, -0.05) is 37.5 Å². The van der Waals surface area contributed by atoms with Crippen LogP contribution in [0.2, 0.25) is 0 Å². The van der Waals surface area contributed by atoms with E-state index in [0.717, 1.165) is 24.5 Å². The molecule has 2 N–H and O–H groups in total. The lowest BCUT2D eigenvalue weighted by Crippen LogP contribution is -2.42. The normalized spacial score (nSPS) is 24.2. The van der Waals surface area contributed by atoms with Gasteiger partial charge in [0.1, 0.15) is 0 Å². The van der Waals surface area contributed by atoms with E-state index in [4.69, 9.17) is 0 Å². The molecule has 2 aliphatic heterocycles. The predicted molar refractivity (Wildman–Crippen MR) is 120 cm³/mol. The van der Waals surface area contributed by atoms with Crippen LogP contribution in [0.4, 0.5) is 30.2 Å². The Labute approximate surface area is 185 Å². The minimum atomic E-state index is -4.46. The van der Waals surface area contributed by atoms with E-state index in [1.54, 1.807) is 24.3 Å². The fourth-order valence-electron chi connectivity index (χ4n) is 5.39. The van der Waals surface area contributed by atoms with Crippen LogP contribution in [0.1, 0.15) is 43.2 Å². The number of alkyl halides is 3. The van der Waals surface area contributed by atoms with Crippen molar-refractivity contribution in [2.45, 2.75) is 38.3 Å². The van der Waals surface area contributed by atoms with Crippen LogP contribution in [0, 0.1) is 11.8 Å². The van der Waals surface area contributed by atoms with Gasteiger partial charge in [-0.2, -0.15) is 13.2 Å². The molecular weight excluding hydrogens is 415 g/mol. The van der Waals surface area contributed by atoms with Gasteiger partial charge in [0.05, 0.1) is 11.1 Å². The van der Waals surface area contributed by atoms with E-state index in [9.17, 15) is 18.0 Å². The van der Waals surface area contributed by atoms with Crippen molar-refractivity contribution < 1.29 is 18.0 Å². The van der Waals surface area contributed by atoms with E-state index in [0.29, 0.717) is 41.9 Å². The molecule has 5 rings (SSSR count). The Kier molecular flexibility index (Phi) is 5.35. The molecule has 2 fully saturated rings. The molecule has 4 nitrogen and oxygen atoms in total.